The molecule has 0 radical (unpaired) electrons. The van der Waals surface area contributed by atoms with E-state index in [1.165, 1.54) is 6.92 Å². The summed E-state index contributed by atoms with van der Waals surface area (Å²) >= 11 is 0. The number of rotatable bonds is 7. The SMILES string of the molecule is CCC(C)(C)NC(=O)[C@@H](C)S(=O)(=O)Cc1nnnn1C1CC1. The van der Waals surface area contributed by atoms with Gasteiger partial charge in [0.25, 0.3) is 0 Å². The monoisotopic (exact) mass is 329 g/mol. The minimum atomic E-state index is -3.67. The molecule has 2 rings (SSSR count). The molecule has 0 unspecified atom stereocenters. The standard InChI is InChI=1S/C13H23N5O3S/c1-5-13(3,4)14-12(19)9(2)22(20,21)8-11-15-16-17-18(11)10-6-7-10/h9-10H,5-8H2,1-4H3,(H,14,19)/t9-/m1/s1. The molecular formula is C13H23N5O3S. The second-order valence-electron chi connectivity index (χ2n) is 6.45. The Labute approximate surface area is 130 Å². The number of nitrogens with one attached hydrogen (secondary N) is 1. The van der Waals surface area contributed by atoms with Gasteiger partial charge in [0.1, 0.15) is 11.0 Å². The van der Waals surface area contributed by atoms with Gasteiger partial charge >= 0.3 is 0 Å². The van der Waals surface area contributed by atoms with Crippen LogP contribution < -0.4 is 5.32 Å². The predicted octanol–water partition coefficient (Wildman–Crippen LogP) is 0.616. The first kappa shape index (κ1) is 16.9. The number of nitrogens with zero attached hydrogens (tertiary/aromatic N) is 4. The smallest absolute Gasteiger partial charge is 0.238 e. The molecule has 1 saturated carbocycles. The molecule has 1 aliphatic carbocycles. The Balaban J connectivity index is 2.08. The molecule has 1 atom stereocenters. The van der Waals surface area contributed by atoms with E-state index in [1.54, 1.807) is 4.68 Å². The zero-order chi connectivity index (χ0) is 16.5. The third kappa shape index (κ3) is 3.82. The Hall–Kier alpha value is -1.51. The van der Waals surface area contributed by atoms with Crippen molar-refractivity contribution in [3.8, 4) is 0 Å². The van der Waals surface area contributed by atoms with Crippen LogP contribution in [0, 0.1) is 0 Å². The molecule has 8 nitrogen and oxygen atoms in total. The van der Waals surface area contributed by atoms with Crippen molar-refractivity contribution in [3.05, 3.63) is 5.82 Å². The van der Waals surface area contributed by atoms with Gasteiger partial charge in [-0.3, -0.25) is 4.79 Å². The van der Waals surface area contributed by atoms with Crippen LogP contribution in [0.5, 0.6) is 0 Å². The largest absolute Gasteiger partial charge is 0.350 e. The van der Waals surface area contributed by atoms with Gasteiger partial charge in [-0.15, -0.1) is 5.10 Å². The van der Waals surface area contributed by atoms with E-state index in [-0.39, 0.29) is 11.8 Å². The van der Waals surface area contributed by atoms with Crippen LogP contribution in [0.25, 0.3) is 0 Å². The number of amides is 1. The third-order valence-electron chi connectivity index (χ3n) is 4.04. The zero-order valence-electron chi connectivity index (χ0n) is 13.4. The molecular weight excluding hydrogens is 306 g/mol. The third-order valence-corrected chi connectivity index (χ3v) is 5.99. The molecule has 1 N–H and O–H groups in total. The summed E-state index contributed by atoms with van der Waals surface area (Å²) in [6.45, 7) is 7.06. The van der Waals surface area contributed by atoms with E-state index in [4.69, 9.17) is 0 Å². The Morgan fingerprint density at radius 3 is 2.64 bits per heavy atom. The molecule has 1 fully saturated rings. The Morgan fingerprint density at radius 1 is 1.45 bits per heavy atom. The van der Waals surface area contributed by atoms with Crippen LogP contribution in [0.2, 0.25) is 0 Å². The topological polar surface area (TPSA) is 107 Å². The summed E-state index contributed by atoms with van der Waals surface area (Å²) in [5.41, 5.74) is -0.434. The Morgan fingerprint density at radius 2 is 2.09 bits per heavy atom. The van der Waals surface area contributed by atoms with Crippen molar-refractivity contribution in [1.29, 1.82) is 0 Å². The molecule has 0 spiro atoms. The van der Waals surface area contributed by atoms with Crippen LogP contribution in [0.4, 0.5) is 0 Å². The molecule has 22 heavy (non-hydrogen) atoms. The molecule has 0 saturated heterocycles. The van der Waals surface area contributed by atoms with Gasteiger partial charge in [0.15, 0.2) is 15.7 Å². The first-order chi connectivity index (χ1) is 10.2. The molecule has 0 bridgehead atoms. The Kier molecular flexibility index (Phi) is 4.55. The van der Waals surface area contributed by atoms with Crippen LogP contribution in [-0.4, -0.2) is 45.3 Å². The summed E-state index contributed by atoms with van der Waals surface area (Å²) in [5.74, 6) is -0.508. The van der Waals surface area contributed by atoms with Gasteiger partial charge in [-0.05, 0) is 50.5 Å². The van der Waals surface area contributed by atoms with E-state index >= 15 is 0 Å². The fraction of sp³-hybridized carbons (Fsp3) is 0.846. The summed E-state index contributed by atoms with van der Waals surface area (Å²) in [4.78, 5) is 12.2. The minimum Gasteiger partial charge on any atom is -0.350 e. The minimum absolute atomic E-state index is 0.198. The van der Waals surface area contributed by atoms with Crippen LogP contribution in [0.15, 0.2) is 0 Å². The second kappa shape index (κ2) is 5.94. The number of sulfone groups is 1. The first-order valence-corrected chi connectivity index (χ1v) is 9.18. The zero-order valence-corrected chi connectivity index (χ0v) is 14.2. The van der Waals surface area contributed by atoms with Crippen LogP contribution in [-0.2, 0) is 20.4 Å². The van der Waals surface area contributed by atoms with Gasteiger partial charge in [0.2, 0.25) is 5.91 Å². The summed E-state index contributed by atoms with van der Waals surface area (Å²) in [6.07, 6.45) is 2.63. The molecule has 1 aromatic rings. The highest BCUT2D eigenvalue weighted by atomic mass is 32.2. The van der Waals surface area contributed by atoms with Crippen molar-refractivity contribution in [2.75, 3.05) is 0 Å². The number of hydrogen-bond donors (Lipinski definition) is 1. The van der Waals surface area contributed by atoms with E-state index in [1.807, 2.05) is 20.8 Å². The predicted molar refractivity (Wildman–Crippen MR) is 80.7 cm³/mol. The van der Waals surface area contributed by atoms with Crippen LogP contribution in [0.1, 0.15) is 58.8 Å². The highest BCUT2D eigenvalue weighted by Crippen LogP contribution is 2.34. The van der Waals surface area contributed by atoms with Crippen molar-refractivity contribution < 1.29 is 13.2 Å². The summed E-state index contributed by atoms with van der Waals surface area (Å²) < 4.78 is 26.4. The average molecular weight is 329 g/mol. The number of tetrazole rings is 1. The van der Waals surface area contributed by atoms with E-state index in [9.17, 15) is 13.2 Å². The highest BCUT2D eigenvalue weighted by Gasteiger charge is 2.34. The molecule has 0 aromatic carbocycles. The maximum absolute atomic E-state index is 12.4. The van der Waals surface area contributed by atoms with Gasteiger partial charge in [0, 0.05) is 5.54 Å². The van der Waals surface area contributed by atoms with E-state index < -0.39 is 26.5 Å². The van der Waals surface area contributed by atoms with Gasteiger partial charge in [-0.25, -0.2) is 13.1 Å². The quantitative estimate of drug-likeness (QED) is 0.785. The van der Waals surface area contributed by atoms with Crippen molar-refractivity contribution >= 4 is 15.7 Å². The maximum atomic E-state index is 12.4. The van der Waals surface area contributed by atoms with E-state index in [0.717, 1.165) is 12.8 Å². The molecule has 1 aromatic heterocycles. The van der Waals surface area contributed by atoms with Gasteiger partial charge < -0.3 is 5.32 Å². The fourth-order valence-electron chi connectivity index (χ4n) is 1.90. The maximum Gasteiger partial charge on any atom is 0.238 e. The van der Waals surface area contributed by atoms with Crippen LogP contribution >= 0.6 is 0 Å². The summed E-state index contributed by atoms with van der Waals surface area (Å²) in [7, 11) is -3.67. The number of hydrogen-bond acceptors (Lipinski definition) is 6. The lowest BCUT2D eigenvalue weighted by Gasteiger charge is -2.26. The van der Waals surface area contributed by atoms with E-state index in [0.29, 0.717) is 12.2 Å². The van der Waals surface area contributed by atoms with Crippen molar-refractivity contribution in [2.45, 2.75) is 69.5 Å². The fourth-order valence-corrected chi connectivity index (χ4v) is 3.09. The second-order valence-corrected chi connectivity index (χ2v) is 8.77. The van der Waals surface area contributed by atoms with Gasteiger partial charge in [-0.2, -0.15) is 0 Å². The average Bonchev–Trinajstić information content (AvgIpc) is 3.18. The molecule has 1 heterocycles. The molecule has 124 valence electrons. The van der Waals surface area contributed by atoms with Crippen LogP contribution in [0.3, 0.4) is 0 Å². The van der Waals surface area contributed by atoms with Gasteiger partial charge in [0.05, 0.1) is 6.04 Å². The van der Waals surface area contributed by atoms with E-state index in [2.05, 4.69) is 20.8 Å². The van der Waals surface area contributed by atoms with Crippen molar-refractivity contribution in [1.82, 2.24) is 25.5 Å². The molecule has 1 amide bonds. The first-order valence-electron chi connectivity index (χ1n) is 7.46. The number of carbonyl (C=O) groups is 1. The van der Waals surface area contributed by atoms with Crippen molar-refractivity contribution in [3.63, 3.8) is 0 Å². The lowest BCUT2D eigenvalue weighted by molar-refractivity contribution is -0.122. The summed E-state index contributed by atoms with van der Waals surface area (Å²) in [6, 6.07) is 0.198. The molecule has 0 aliphatic heterocycles. The lowest BCUT2D eigenvalue weighted by atomic mass is 10.0. The highest BCUT2D eigenvalue weighted by molar-refractivity contribution is 7.92. The Bertz CT molecular complexity index is 648. The van der Waals surface area contributed by atoms with Gasteiger partial charge in [-0.1, -0.05) is 6.92 Å². The normalized spacial score (nSPS) is 17.3. The number of aromatic nitrogens is 4. The number of carbonyl (C=O) groups excluding carboxylic acids is 1. The van der Waals surface area contributed by atoms with Crippen molar-refractivity contribution in [2.24, 2.45) is 0 Å². The lowest BCUT2D eigenvalue weighted by Crippen LogP contribution is -2.48. The summed E-state index contributed by atoms with van der Waals surface area (Å²) in [5, 5.41) is 12.8. The molecule has 9 heteroatoms. The molecule has 1 aliphatic rings.